The van der Waals surface area contributed by atoms with Crippen LogP contribution in [0.15, 0.2) is 54.6 Å². The summed E-state index contributed by atoms with van der Waals surface area (Å²) in [4.78, 5) is 23.8. The van der Waals surface area contributed by atoms with E-state index in [1.807, 2.05) is 42.5 Å². The lowest BCUT2D eigenvalue weighted by molar-refractivity contribution is -0.137. The fourth-order valence-corrected chi connectivity index (χ4v) is 4.96. The van der Waals surface area contributed by atoms with E-state index in [2.05, 4.69) is 0 Å². The third-order valence-electron chi connectivity index (χ3n) is 5.63. The number of carboxylic acid groups (broad SMARTS) is 1. The lowest BCUT2D eigenvalue weighted by Crippen LogP contribution is -2.21. The summed E-state index contributed by atoms with van der Waals surface area (Å²) >= 11 is 1.52. The van der Waals surface area contributed by atoms with Crippen molar-refractivity contribution in [3.8, 4) is 0 Å². The van der Waals surface area contributed by atoms with Crippen LogP contribution in [0.1, 0.15) is 43.9 Å². The Bertz CT molecular complexity index is 922. The molecular weight excluding hydrogens is 400 g/mol. The van der Waals surface area contributed by atoms with Crippen LogP contribution < -0.4 is 0 Å². The molecule has 1 heterocycles. The number of hydrogen-bond acceptors (Lipinski definition) is 5. The molecule has 1 aromatic carbocycles. The minimum atomic E-state index is -1.20. The first-order valence-electron chi connectivity index (χ1n) is 10.3. The Morgan fingerprint density at radius 1 is 1.30 bits per heavy atom. The number of fused-ring (bicyclic) bond motifs is 1. The van der Waals surface area contributed by atoms with Crippen LogP contribution in [0.5, 0.6) is 0 Å². The van der Waals surface area contributed by atoms with Crippen molar-refractivity contribution < 1.29 is 24.9 Å². The number of hydrogen-bond donors (Lipinski definition) is 3. The molecule has 160 valence electrons. The number of unbranched alkanes of at least 4 members (excludes halogenated alkanes) is 1. The van der Waals surface area contributed by atoms with Crippen molar-refractivity contribution >= 4 is 33.2 Å². The molecule has 1 aliphatic rings. The van der Waals surface area contributed by atoms with E-state index in [0.29, 0.717) is 19.3 Å². The van der Waals surface area contributed by atoms with E-state index < -0.39 is 23.6 Å². The van der Waals surface area contributed by atoms with Crippen LogP contribution in [0.3, 0.4) is 0 Å². The monoisotopic (exact) mass is 428 g/mol. The smallest absolute Gasteiger partial charge is 0.303 e. The van der Waals surface area contributed by atoms with E-state index in [1.165, 1.54) is 11.3 Å². The Hall–Kier alpha value is -2.28. The van der Waals surface area contributed by atoms with Crippen LogP contribution in [0.25, 0.3) is 10.1 Å². The summed E-state index contributed by atoms with van der Waals surface area (Å²) in [6.07, 6.45) is 8.55. The summed E-state index contributed by atoms with van der Waals surface area (Å²) in [6.45, 7) is 1.71. The normalized spacial score (nSPS) is 24.2. The molecular formula is C24H28O5S. The SMILES string of the molecule is C[C@@](O)(/C=C/[C@H]1C(=O)C[C@H](O)[C@@H]1C/C=C\CCCC(=O)O)c1cc2ccccc2s1. The molecule has 2 aromatic rings. The zero-order chi connectivity index (χ0) is 21.7. The number of benzene rings is 1. The standard InChI is InChI=1S/C24H28O5S/c1-24(29,22-14-16-8-6-7-10-21(16)30-22)13-12-18-17(19(25)15-20(18)26)9-4-2-3-5-11-23(27)28/h2,4,6-8,10,12-14,17-19,25,29H,3,5,9,11,15H2,1H3,(H,27,28)/b4-2-,13-12+/t17-,18-,19+,24-/m1/s1. The molecule has 1 aromatic heterocycles. The molecule has 0 unspecified atom stereocenters. The molecule has 30 heavy (non-hydrogen) atoms. The van der Waals surface area contributed by atoms with Crippen molar-refractivity contribution in [1.29, 1.82) is 0 Å². The van der Waals surface area contributed by atoms with Crippen LogP contribution in [-0.4, -0.2) is 33.2 Å². The summed E-state index contributed by atoms with van der Waals surface area (Å²) in [7, 11) is 0. The zero-order valence-corrected chi connectivity index (χ0v) is 17.8. The second-order valence-electron chi connectivity index (χ2n) is 8.08. The molecule has 0 saturated heterocycles. The van der Waals surface area contributed by atoms with E-state index >= 15 is 0 Å². The molecule has 1 saturated carbocycles. The molecule has 3 rings (SSSR count). The van der Waals surface area contributed by atoms with Crippen LogP contribution in [0.4, 0.5) is 0 Å². The highest BCUT2D eigenvalue weighted by atomic mass is 32.1. The maximum absolute atomic E-state index is 12.4. The third-order valence-corrected chi connectivity index (χ3v) is 6.97. The van der Waals surface area contributed by atoms with E-state index in [0.717, 1.165) is 15.0 Å². The fraction of sp³-hybridized carbons (Fsp3) is 0.417. The fourth-order valence-electron chi connectivity index (χ4n) is 3.87. The first kappa shape index (κ1) is 22.4. The quantitative estimate of drug-likeness (QED) is 0.406. The minimum absolute atomic E-state index is 0.0184. The summed E-state index contributed by atoms with van der Waals surface area (Å²) in [5.74, 6) is -1.50. The maximum atomic E-state index is 12.4. The number of rotatable bonds is 9. The third kappa shape index (κ3) is 5.45. The average molecular weight is 429 g/mol. The van der Waals surface area contributed by atoms with Gasteiger partial charge in [-0.1, -0.05) is 42.5 Å². The first-order valence-corrected chi connectivity index (χ1v) is 11.1. The van der Waals surface area contributed by atoms with Gasteiger partial charge in [-0.2, -0.15) is 0 Å². The van der Waals surface area contributed by atoms with Crippen molar-refractivity contribution in [2.75, 3.05) is 0 Å². The van der Waals surface area contributed by atoms with Gasteiger partial charge in [-0.3, -0.25) is 9.59 Å². The Morgan fingerprint density at radius 3 is 2.80 bits per heavy atom. The lowest BCUT2D eigenvalue weighted by atomic mass is 9.89. The molecule has 3 N–H and O–H groups in total. The highest BCUT2D eigenvalue weighted by Crippen LogP contribution is 2.37. The van der Waals surface area contributed by atoms with E-state index in [1.54, 1.807) is 19.1 Å². The molecule has 0 radical (unpaired) electrons. The van der Waals surface area contributed by atoms with Crippen LogP contribution in [-0.2, 0) is 15.2 Å². The number of ketones is 1. The van der Waals surface area contributed by atoms with Gasteiger partial charge in [0.1, 0.15) is 11.4 Å². The number of Topliss-reactive ketones (excluding diaryl/α,β-unsaturated/α-hetero) is 1. The number of carboxylic acids is 1. The maximum Gasteiger partial charge on any atom is 0.303 e. The number of allylic oxidation sites excluding steroid dienone is 3. The van der Waals surface area contributed by atoms with Gasteiger partial charge in [0.25, 0.3) is 0 Å². The van der Waals surface area contributed by atoms with Gasteiger partial charge in [-0.15, -0.1) is 11.3 Å². The number of carbonyl (C=O) groups excluding carboxylic acids is 1. The van der Waals surface area contributed by atoms with E-state index in [9.17, 15) is 19.8 Å². The van der Waals surface area contributed by atoms with Crippen molar-refractivity contribution in [3.05, 3.63) is 59.5 Å². The number of aliphatic carboxylic acids is 1. The van der Waals surface area contributed by atoms with Gasteiger partial charge in [0.15, 0.2) is 0 Å². The lowest BCUT2D eigenvalue weighted by Gasteiger charge is -2.20. The Morgan fingerprint density at radius 2 is 2.07 bits per heavy atom. The van der Waals surface area contributed by atoms with Crippen molar-refractivity contribution in [1.82, 2.24) is 0 Å². The molecule has 0 aliphatic heterocycles. The van der Waals surface area contributed by atoms with Gasteiger partial charge < -0.3 is 15.3 Å². The van der Waals surface area contributed by atoms with Crippen molar-refractivity contribution in [2.45, 2.75) is 50.7 Å². The van der Waals surface area contributed by atoms with Crippen LogP contribution in [0.2, 0.25) is 0 Å². The number of aliphatic hydroxyl groups is 2. The summed E-state index contributed by atoms with van der Waals surface area (Å²) < 4.78 is 1.10. The van der Waals surface area contributed by atoms with Gasteiger partial charge in [-0.05, 0) is 43.7 Å². The molecule has 6 heteroatoms. The second kappa shape index (κ2) is 9.69. The Labute approximate surface area is 180 Å². The number of aliphatic hydroxyl groups excluding tert-OH is 1. The highest BCUT2D eigenvalue weighted by molar-refractivity contribution is 7.19. The average Bonchev–Trinajstić information content (AvgIpc) is 3.24. The molecule has 0 spiro atoms. The predicted molar refractivity (Wildman–Crippen MR) is 118 cm³/mol. The summed E-state index contributed by atoms with van der Waals surface area (Å²) in [5, 5.41) is 31.1. The van der Waals surface area contributed by atoms with E-state index in [4.69, 9.17) is 5.11 Å². The minimum Gasteiger partial charge on any atom is -0.481 e. The molecule has 1 fully saturated rings. The predicted octanol–water partition coefficient (Wildman–Crippen LogP) is 4.43. The molecule has 5 nitrogen and oxygen atoms in total. The van der Waals surface area contributed by atoms with Crippen LogP contribution in [0, 0.1) is 11.8 Å². The number of thiophene rings is 1. The van der Waals surface area contributed by atoms with Gasteiger partial charge in [0.05, 0.1) is 6.10 Å². The zero-order valence-electron chi connectivity index (χ0n) is 17.0. The highest BCUT2D eigenvalue weighted by Gasteiger charge is 2.39. The van der Waals surface area contributed by atoms with Gasteiger partial charge in [0, 0.05) is 34.3 Å². The van der Waals surface area contributed by atoms with Gasteiger partial charge in [0.2, 0.25) is 0 Å². The largest absolute Gasteiger partial charge is 0.481 e. The second-order valence-corrected chi connectivity index (χ2v) is 9.16. The summed E-state index contributed by atoms with van der Waals surface area (Å²) in [6, 6.07) is 9.91. The van der Waals surface area contributed by atoms with E-state index in [-0.39, 0.29) is 24.5 Å². The van der Waals surface area contributed by atoms with Crippen LogP contribution >= 0.6 is 11.3 Å². The van der Waals surface area contributed by atoms with Crippen molar-refractivity contribution in [2.24, 2.45) is 11.8 Å². The van der Waals surface area contributed by atoms with Gasteiger partial charge in [-0.25, -0.2) is 0 Å². The molecule has 1 aliphatic carbocycles. The molecule has 0 amide bonds. The number of carbonyl (C=O) groups is 2. The Balaban J connectivity index is 1.67. The topological polar surface area (TPSA) is 94.8 Å². The van der Waals surface area contributed by atoms with Gasteiger partial charge >= 0.3 is 5.97 Å². The molecule has 4 atom stereocenters. The Kier molecular flexibility index (Phi) is 7.23. The summed E-state index contributed by atoms with van der Waals surface area (Å²) in [5.41, 5.74) is -1.20. The molecule has 0 bridgehead atoms. The first-order chi connectivity index (χ1) is 14.3. The van der Waals surface area contributed by atoms with Crippen molar-refractivity contribution in [3.63, 3.8) is 0 Å².